The van der Waals surface area contributed by atoms with Crippen LogP contribution in [-0.2, 0) is 0 Å². The maximum Gasteiger partial charge on any atom is 0.123 e. The highest BCUT2D eigenvalue weighted by Gasteiger charge is 2.56. The minimum absolute atomic E-state index is 0. The van der Waals surface area contributed by atoms with Crippen LogP contribution in [0.15, 0.2) is 54.9 Å². The van der Waals surface area contributed by atoms with Crippen LogP contribution in [0, 0.1) is 17.7 Å². The minimum Gasteiger partial charge on any atom is -0.358 e. The monoisotopic (exact) mass is 405 g/mol. The number of likely N-dealkylation sites (tertiary alicyclic amines) is 1. The van der Waals surface area contributed by atoms with Crippen LogP contribution in [0.5, 0.6) is 0 Å². The molecule has 0 spiro atoms. The fourth-order valence-corrected chi connectivity index (χ4v) is 4.46. The largest absolute Gasteiger partial charge is 0.358 e. The Morgan fingerprint density at radius 2 is 1.59 bits per heavy atom. The molecule has 6 heteroatoms. The Hall–Kier alpha value is -1.88. The van der Waals surface area contributed by atoms with Crippen molar-refractivity contribution in [2.75, 3.05) is 20.1 Å². The molecule has 1 saturated heterocycles. The molecule has 3 aromatic rings. The van der Waals surface area contributed by atoms with E-state index < -0.39 is 0 Å². The minimum atomic E-state index is -0.208. The SMILES string of the molecule is CN1C[C@@H]2C(c3cc(-c4ccncc4)c(-c4ccc(F)cc4)[nH]3)[C@@H]2C1.Cl.Cl. The van der Waals surface area contributed by atoms with E-state index in [1.54, 1.807) is 0 Å². The number of aromatic amines is 1. The molecular weight excluding hydrogens is 384 g/mol. The Balaban J connectivity index is 0.00000105. The van der Waals surface area contributed by atoms with Gasteiger partial charge in [0.15, 0.2) is 0 Å². The molecule has 142 valence electrons. The van der Waals surface area contributed by atoms with Crippen molar-refractivity contribution in [2.45, 2.75) is 5.92 Å². The number of H-pyrrole nitrogens is 1. The molecule has 0 radical (unpaired) electrons. The Bertz CT molecular complexity index is 899. The lowest BCUT2D eigenvalue weighted by molar-refractivity contribution is 0.362. The quantitative estimate of drug-likeness (QED) is 0.664. The molecule has 1 unspecified atom stereocenters. The van der Waals surface area contributed by atoms with Crippen LogP contribution < -0.4 is 0 Å². The predicted octanol–water partition coefficient (Wildman–Crippen LogP) is 5.00. The highest BCUT2D eigenvalue weighted by molar-refractivity contribution is 5.85. The third-order valence-corrected chi connectivity index (χ3v) is 5.70. The molecule has 0 amide bonds. The van der Waals surface area contributed by atoms with Gasteiger partial charge in [-0.3, -0.25) is 4.98 Å². The number of hydrogen-bond acceptors (Lipinski definition) is 2. The van der Waals surface area contributed by atoms with Gasteiger partial charge in [0, 0.05) is 42.7 Å². The number of nitrogens with one attached hydrogen (secondary N) is 1. The molecule has 27 heavy (non-hydrogen) atoms. The third-order valence-electron chi connectivity index (χ3n) is 5.70. The maximum absolute atomic E-state index is 13.3. The van der Waals surface area contributed by atoms with Crippen molar-refractivity contribution in [3.8, 4) is 22.4 Å². The number of aromatic nitrogens is 2. The molecule has 1 N–H and O–H groups in total. The number of nitrogens with zero attached hydrogens (tertiary/aromatic N) is 2. The summed E-state index contributed by atoms with van der Waals surface area (Å²) in [6.45, 7) is 2.37. The molecule has 3 nitrogen and oxygen atoms in total. The van der Waals surface area contributed by atoms with E-state index in [-0.39, 0.29) is 30.6 Å². The van der Waals surface area contributed by atoms with Gasteiger partial charge in [0.2, 0.25) is 0 Å². The number of fused-ring (bicyclic) bond motifs is 1. The molecule has 3 heterocycles. The second-order valence-electron chi connectivity index (χ2n) is 7.33. The number of pyridine rings is 1. The van der Waals surface area contributed by atoms with E-state index >= 15 is 0 Å². The average Bonchev–Trinajstić information content (AvgIpc) is 2.99. The fourth-order valence-electron chi connectivity index (χ4n) is 4.46. The number of rotatable bonds is 3. The topological polar surface area (TPSA) is 31.9 Å². The molecule has 2 aromatic heterocycles. The average molecular weight is 406 g/mol. The second-order valence-corrected chi connectivity index (χ2v) is 7.33. The summed E-state index contributed by atoms with van der Waals surface area (Å²) in [6.07, 6.45) is 3.63. The van der Waals surface area contributed by atoms with Gasteiger partial charge in [0.1, 0.15) is 5.82 Å². The van der Waals surface area contributed by atoms with Crippen molar-refractivity contribution in [2.24, 2.45) is 11.8 Å². The van der Waals surface area contributed by atoms with Crippen LogP contribution in [0.1, 0.15) is 11.6 Å². The van der Waals surface area contributed by atoms with Gasteiger partial charge in [-0.2, -0.15) is 0 Å². The Labute approximate surface area is 170 Å². The first kappa shape index (κ1) is 19.9. The number of benzene rings is 1. The number of piperidine rings is 1. The van der Waals surface area contributed by atoms with E-state index in [1.807, 2.05) is 36.7 Å². The van der Waals surface area contributed by atoms with Crippen LogP contribution in [0.3, 0.4) is 0 Å². The van der Waals surface area contributed by atoms with E-state index in [4.69, 9.17) is 0 Å². The van der Waals surface area contributed by atoms with Crippen molar-refractivity contribution in [3.05, 3.63) is 66.4 Å². The van der Waals surface area contributed by atoms with Gasteiger partial charge < -0.3 is 9.88 Å². The molecule has 1 saturated carbocycles. The Kier molecular flexibility index (Phi) is 5.61. The van der Waals surface area contributed by atoms with Crippen molar-refractivity contribution in [3.63, 3.8) is 0 Å². The first-order valence-electron chi connectivity index (χ1n) is 8.78. The lowest BCUT2D eigenvalue weighted by Gasteiger charge is -2.11. The Morgan fingerprint density at radius 3 is 2.22 bits per heavy atom. The highest BCUT2D eigenvalue weighted by atomic mass is 35.5. The van der Waals surface area contributed by atoms with Crippen molar-refractivity contribution >= 4 is 24.8 Å². The summed E-state index contributed by atoms with van der Waals surface area (Å²) in [6, 6.07) is 13.1. The van der Waals surface area contributed by atoms with E-state index in [0.717, 1.165) is 28.7 Å². The third kappa shape index (κ3) is 3.49. The van der Waals surface area contributed by atoms with E-state index in [0.29, 0.717) is 5.92 Å². The maximum atomic E-state index is 13.3. The van der Waals surface area contributed by atoms with Gasteiger partial charge in [0.25, 0.3) is 0 Å². The molecular formula is C21H22Cl2FN3. The predicted molar refractivity (Wildman–Crippen MR) is 111 cm³/mol. The summed E-state index contributed by atoms with van der Waals surface area (Å²) in [4.78, 5) is 10.2. The van der Waals surface area contributed by atoms with Gasteiger partial charge in [-0.1, -0.05) is 0 Å². The standard InChI is InChI=1S/C21H20FN3.2ClH/c1-25-11-17-18(12-25)20(17)19-10-16(13-6-8-23-9-7-13)21(24-19)14-2-4-15(22)5-3-14;;/h2-10,17-18,20,24H,11-12H2,1H3;2*1H/t17-,18+,20?;;. The lowest BCUT2D eigenvalue weighted by Crippen LogP contribution is -2.18. The van der Waals surface area contributed by atoms with Gasteiger partial charge in [-0.25, -0.2) is 4.39 Å². The van der Waals surface area contributed by atoms with Gasteiger partial charge in [-0.05, 0) is 72.5 Å². The van der Waals surface area contributed by atoms with Crippen molar-refractivity contribution in [1.82, 2.24) is 14.9 Å². The molecule has 0 bridgehead atoms. The first-order valence-corrected chi connectivity index (χ1v) is 8.78. The zero-order valence-electron chi connectivity index (χ0n) is 14.9. The van der Waals surface area contributed by atoms with Crippen LogP contribution in [0.25, 0.3) is 22.4 Å². The van der Waals surface area contributed by atoms with Crippen LogP contribution >= 0.6 is 24.8 Å². The summed E-state index contributed by atoms with van der Waals surface area (Å²) in [7, 11) is 2.20. The van der Waals surface area contributed by atoms with Crippen molar-refractivity contribution in [1.29, 1.82) is 0 Å². The summed E-state index contributed by atoms with van der Waals surface area (Å²) < 4.78 is 13.3. The molecule has 1 aliphatic heterocycles. The molecule has 3 atom stereocenters. The van der Waals surface area contributed by atoms with Crippen LogP contribution in [-0.4, -0.2) is 35.0 Å². The van der Waals surface area contributed by atoms with Crippen LogP contribution in [0.4, 0.5) is 4.39 Å². The number of halogens is 3. The lowest BCUT2D eigenvalue weighted by atomic mass is 10.0. The summed E-state index contributed by atoms with van der Waals surface area (Å²) >= 11 is 0. The smallest absolute Gasteiger partial charge is 0.123 e. The van der Waals surface area contributed by atoms with Gasteiger partial charge in [0.05, 0.1) is 5.69 Å². The van der Waals surface area contributed by atoms with Gasteiger partial charge >= 0.3 is 0 Å². The first-order chi connectivity index (χ1) is 12.2. The summed E-state index contributed by atoms with van der Waals surface area (Å²) in [5, 5.41) is 0. The normalized spacial score (nSPS) is 23.3. The molecule has 1 aliphatic carbocycles. The summed E-state index contributed by atoms with van der Waals surface area (Å²) in [5.74, 6) is 1.97. The summed E-state index contributed by atoms with van der Waals surface area (Å²) in [5.41, 5.74) is 5.71. The van der Waals surface area contributed by atoms with Gasteiger partial charge in [-0.15, -0.1) is 24.8 Å². The highest BCUT2D eigenvalue weighted by Crippen LogP contribution is 2.58. The molecule has 5 rings (SSSR count). The number of hydrogen-bond donors (Lipinski definition) is 1. The van der Waals surface area contributed by atoms with E-state index in [2.05, 4.69) is 28.0 Å². The molecule has 2 aliphatic rings. The van der Waals surface area contributed by atoms with E-state index in [1.165, 1.54) is 36.5 Å². The zero-order chi connectivity index (χ0) is 17.0. The fraction of sp³-hybridized carbons (Fsp3) is 0.286. The molecule has 2 fully saturated rings. The molecule has 1 aromatic carbocycles. The van der Waals surface area contributed by atoms with Crippen LogP contribution in [0.2, 0.25) is 0 Å². The zero-order valence-corrected chi connectivity index (χ0v) is 16.6. The van der Waals surface area contributed by atoms with Crippen molar-refractivity contribution < 1.29 is 4.39 Å². The Morgan fingerprint density at radius 1 is 0.963 bits per heavy atom. The van der Waals surface area contributed by atoms with E-state index in [9.17, 15) is 4.39 Å². The second kappa shape index (κ2) is 7.63.